The van der Waals surface area contributed by atoms with Crippen LogP contribution >= 0.6 is 11.8 Å². The number of ether oxygens (including phenoxy) is 1. The topological polar surface area (TPSA) is 82.2 Å². The van der Waals surface area contributed by atoms with Gasteiger partial charge in [-0.05, 0) is 25.1 Å². The first-order valence-corrected chi connectivity index (χ1v) is 7.46. The molecule has 0 atom stereocenters. The predicted octanol–water partition coefficient (Wildman–Crippen LogP) is 1.50. The number of benzene rings is 1. The van der Waals surface area contributed by atoms with Crippen LogP contribution in [0.4, 0.5) is 0 Å². The second kappa shape index (κ2) is 7.14. The first-order valence-electron chi connectivity index (χ1n) is 6.48. The molecular weight excluding hydrogens is 288 g/mol. The Labute approximate surface area is 127 Å². The van der Waals surface area contributed by atoms with Crippen LogP contribution in [0.5, 0.6) is 5.75 Å². The average molecular weight is 306 g/mol. The molecule has 1 heterocycles. The third-order valence-corrected chi connectivity index (χ3v) is 3.86. The van der Waals surface area contributed by atoms with Crippen molar-refractivity contribution in [2.45, 2.75) is 11.9 Å². The third kappa shape index (κ3) is 3.99. The monoisotopic (exact) mass is 306 g/mol. The van der Waals surface area contributed by atoms with E-state index in [0.29, 0.717) is 17.9 Å². The van der Waals surface area contributed by atoms with Crippen molar-refractivity contribution in [2.75, 3.05) is 12.4 Å². The van der Waals surface area contributed by atoms with Crippen LogP contribution in [0.3, 0.4) is 0 Å². The van der Waals surface area contributed by atoms with Crippen LogP contribution in [0.25, 0.3) is 0 Å². The van der Waals surface area contributed by atoms with Gasteiger partial charge in [-0.3, -0.25) is 14.9 Å². The van der Waals surface area contributed by atoms with Crippen molar-refractivity contribution in [3.63, 3.8) is 0 Å². The minimum Gasteiger partial charge on any atom is -0.492 e. The van der Waals surface area contributed by atoms with Gasteiger partial charge in [-0.1, -0.05) is 12.1 Å². The Kier molecular flexibility index (Phi) is 5.24. The van der Waals surface area contributed by atoms with Gasteiger partial charge in [0.15, 0.2) is 0 Å². The molecule has 0 aliphatic carbocycles. The molecule has 1 amide bonds. The number of carbonyl (C=O) groups is 1. The number of thioether (sulfide) groups is 1. The van der Waals surface area contributed by atoms with Crippen molar-refractivity contribution in [3.05, 3.63) is 41.6 Å². The molecule has 0 saturated carbocycles. The van der Waals surface area contributed by atoms with E-state index >= 15 is 0 Å². The maximum Gasteiger partial charge on any atom is 0.268 e. The van der Waals surface area contributed by atoms with Crippen molar-refractivity contribution in [1.82, 2.24) is 15.2 Å². The van der Waals surface area contributed by atoms with Crippen LogP contribution < -0.4 is 16.0 Å². The molecule has 21 heavy (non-hydrogen) atoms. The Morgan fingerprint density at radius 3 is 2.90 bits per heavy atom. The average Bonchev–Trinajstić information content (AvgIpc) is 2.81. The van der Waals surface area contributed by atoms with Gasteiger partial charge < -0.3 is 4.74 Å². The lowest BCUT2D eigenvalue weighted by atomic mass is 10.2. The largest absolute Gasteiger partial charge is 0.492 e. The van der Waals surface area contributed by atoms with E-state index in [4.69, 9.17) is 10.6 Å². The Morgan fingerprint density at radius 2 is 2.24 bits per heavy atom. The summed E-state index contributed by atoms with van der Waals surface area (Å²) in [5.41, 5.74) is 3.54. The zero-order valence-corrected chi connectivity index (χ0v) is 12.8. The van der Waals surface area contributed by atoms with E-state index in [0.717, 1.165) is 16.5 Å². The zero-order chi connectivity index (χ0) is 15.2. The molecule has 0 radical (unpaired) electrons. The summed E-state index contributed by atoms with van der Waals surface area (Å²) in [6, 6.07) is 9.05. The summed E-state index contributed by atoms with van der Waals surface area (Å²) in [6.45, 7) is 2.45. The number of hydrogen-bond donors (Lipinski definition) is 2. The molecule has 7 heteroatoms. The fourth-order valence-corrected chi connectivity index (χ4v) is 2.74. The maximum absolute atomic E-state index is 11.6. The molecule has 0 saturated heterocycles. The number of carbonyl (C=O) groups excluding carboxylic acids is 1. The fraction of sp³-hybridized carbons (Fsp3) is 0.286. The molecule has 2 rings (SSSR count). The van der Waals surface area contributed by atoms with Crippen LogP contribution in [0.1, 0.15) is 16.1 Å². The van der Waals surface area contributed by atoms with Crippen molar-refractivity contribution < 1.29 is 9.53 Å². The van der Waals surface area contributed by atoms with E-state index in [9.17, 15) is 4.79 Å². The second-order valence-electron chi connectivity index (χ2n) is 4.41. The van der Waals surface area contributed by atoms with Gasteiger partial charge in [0.2, 0.25) is 0 Å². The van der Waals surface area contributed by atoms with Crippen molar-refractivity contribution in [3.8, 4) is 5.75 Å². The van der Waals surface area contributed by atoms with Gasteiger partial charge in [0, 0.05) is 12.8 Å². The normalized spacial score (nSPS) is 10.4. The highest BCUT2D eigenvalue weighted by molar-refractivity contribution is 7.99. The zero-order valence-electron chi connectivity index (χ0n) is 12.0. The van der Waals surface area contributed by atoms with Crippen LogP contribution in [-0.2, 0) is 7.05 Å². The number of hydrazine groups is 1. The predicted molar refractivity (Wildman–Crippen MR) is 82.3 cm³/mol. The van der Waals surface area contributed by atoms with Crippen LogP contribution in [0.15, 0.2) is 35.4 Å². The molecule has 0 aliphatic heterocycles. The summed E-state index contributed by atoms with van der Waals surface area (Å²) < 4.78 is 7.50. The second-order valence-corrected chi connectivity index (χ2v) is 5.53. The first kappa shape index (κ1) is 15.4. The van der Waals surface area contributed by atoms with E-state index in [1.165, 1.54) is 0 Å². The molecule has 0 unspecified atom stereocenters. The lowest BCUT2D eigenvalue weighted by Gasteiger charge is -2.10. The number of amides is 1. The molecule has 0 aliphatic rings. The fourth-order valence-electron chi connectivity index (χ4n) is 1.88. The lowest BCUT2D eigenvalue weighted by Crippen LogP contribution is -2.30. The summed E-state index contributed by atoms with van der Waals surface area (Å²) in [6.07, 6.45) is 0. The van der Waals surface area contributed by atoms with Gasteiger partial charge in [0.05, 0.1) is 22.9 Å². The van der Waals surface area contributed by atoms with Crippen LogP contribution in [0.2, 0.25) is 0 Å². The van der Waals surface area contributed by atoms with E-state index < -0.39 is 0 Å². The number of nitrogens with zero attached hydrogens (tertiary/aromatic N) is 2. The van der Waals surface area contributed by atoms with Crippen LogP contribution in [0, 0.1) is 6.92 Å². The van der Waals surface area contributed by atoms with Crippen molar-refractivity contribution in [2.24, 2.45) is 12.9 Å². The van der Waals surface area contributed by atoms with Gasteiger partial charge in [0.1, 0.15) is 5.75 Å². The Bertz CT molecular complexity index is 627. The van der Waals surface area contributed by atoms with Crippen molar-refractivity contribution >= 4 is 17.7 Å². The molecule has 2 aromatic rings. The van der Waals surface area contributed by atoms with Gasteiger partial charge in [0.25, 0.3) is 5.91 Å². The molecule has 1 aromatic heterocycles. The summed E-state index contributed by atoms with van der Waals surface area (Å²) in [4.78, 5) is 11.6. The highest BCUT2D eigenvalue weighted by Gasteiger charge is 2.10. The molecule has 0 bridgehead atoms. The summed E-state index contributed by atoms with van der Waals surface area (Å²) in [5, 5.41) is 5.37. The lowest BCUT2D eigenvalue weighted by molar-refractivity contribution is 0.0950. The minimum atomic E-state index is -0.361. The Morgan fingerprint density at radius 1 is 1.48 bits per heavy atom. The number of nitrogens with one attached hydrogen (secondary N) is 1. The van der Waals surface area contributed by atoms with E-state index in [1.807, 2.05) is 30.8 Å². The summed E-state index contributed by atoms with van der Waals surface area (Å²) >= 11 is 1.66. The maximum atomic E-state index is 11.6. The number of rotatable bonds is 6. The van der Waals surface area contributed by atoms with Crippen LogP contribution in [-0.4, -0.2) is 28.0 Å². The molecule has 0 fully saturated rings. The van der Waals surface area contributed by atoms with Gasteiger partial charge in [-0.2, -0.15) is 5.10 Å². The third-order valence-electron chi connectivity index (χ3n) is 2.81. The molecule has 112 valence electrons. The number of nitrogen functional groups attached to an aromatic ring is 1. The van der Waals surface area contributed by atoms with Gasteiger partial charge in [-0.25, -0.2) is 5.84 Å². The van der Waals surface area contributed by atoms with E-state index in [1.54, 1.807) is 30.0 Å². The minimum absolute atomic E-state index is 0.361. The summed E-state index contributed by atoms with van der Waals surface area (Å²) in [7, 11) is 1.91. The Balaban J connectivity index is 1.89. The highest BCUT2D eigenvalue weighted by Crippen LogP contribution is 2.20. The standard InChI is InChI=1S/C14H18N4O2S/c1-10-9-13(18(2)17-10)21-8-7-20-12-6-4-3-5-11(12)14(19)16-15/h3-6,9H,7-8,15H2,1-2H3,(H,16,19). The molecule has 3 N–H and O–H groups in total. The van der Waals surface area contributed by atoms with E-state index in [-0.39, 0.29) is 5.91 Å². The van der Waals surface area contributed by atoms with Gasteiger partial charge >= 0.3 is 0 Å². The number of aryl methyl sites for hydroxylation is 2. The number of aromatic nitrogens is 2. The number of para-hydroxylation sites is 1. The van der Waals surface area contributed by atoms with E-state index in [2.05, 4.69) is 10.5 Å². The summed E-state index contributed by atoms with van der Waals surface area (Å²) in [5.74, 6) is 6.08. The van der Waals surface area contributed by atoms with Gasteiger partial charge in [-0.15, -0.1) is 11.8 Å². The highest BCUT2D eigenvalue weighted by atomic mass is 32.2. The first-order chi connectivity index (χ1) is 10.1. The molecular formula is C14H18N4O2S. The molecule has 0 spiro atoms. The van der Waals surface area contributed by atoms with Crippen molar-refractivity contribution in [1.29, 1.82) is 0 Å². The quantitative estimate of drug-likeness (QED) is 0.278. The Hall–Kier alpha value is -1.99. The molecule has 1 aromatic carbocycles. The molecule has 6 nitrogen and oxygen atoms in total. The number of hydrogen-bond acceptors (Lipinski definition) is 5. The smallest absolute Gasteiger partial charge is 0.268 e. The number of nitrogens with two attached hydrogens (primary N) is 1. The SMILES string of the molecule is Cc1cc(SCCOc2ccccc2C(=O)NN)n(C)n1.